The molecule has 1 aromatic heterocycles. The number of hydrogen-bond donors (Lipinski definition) is 3. The van der Waals surface area contributed by atoms with Gasteiger partial charge in [-0.25, -0.2) is 0 Å². The maximum absolute atomic E-state index is 12.8. The van der Waals surface area contributed by atoms with Crippen molar-refractivity contribution in [3.8, 4) is 0 Å². The quantitative estimate of drug-likeness (QED) is 0.619. The molecule has 1 aromatic carbocycles. The standard InChI is InChI=1S/C21H30ClN7O/c1-13-25-20(23-2)28-21(26-13)27-16-7-5-6-14(10-16)19(30)24-12-15-8-9-17(29(3)4)11-18(15)22/h8-9,11,14,16H,5-7,10,12H2,1-4H3,(H,24,30)(H2,23,25,26,27,28)/t14-,16+/m1/s1. The molecule has 0 saturated heterocycles. The summed E-state index contributed by atoms with van der Waals surface area (Å²) in [6.45, 7) is 2.26. The number of amides is 1. The van der Waals surface area contributed by atoms with Crippen molar-refractivity contribution in [2.45, 2.75) is 45.2 Å². The second-order valence-corrected chi connectivity index (χ2v) is 8.28. The molecule has 0 radical (unpaired) electrons. The Bertz CT molecular complexity index is 890. The van der Waals surface area contributed by atoms with Gasteiger partial charge in [0.15, 0.2) is 0 Å². The molecule has 0 spiro atoms. The molecule has 1 amide bonds. The van der Waals surface area contributed by atoms with Crippen LogP contribution in [0.5, 0.6) is 0 Å². The molecular weight excluding hydrogens is 402 g/mol. The van der Waals surface area contributed by atoms with Gasteiger partial charge in [0, 0.05) is 50.4 Å². The third-order valence-electron chi connectivity index (χ3n) is 5.36. The van der Waals surface area contributed by atoms with E-state index in [9.17, 15) is 4.79 Å². The summed E-state index contributed by atoms with van der Waals surface area (Å²) in [5.41, 5.74) is 1.95. The van der Waals surface area contributed by atoms with E-state index in [1.807, 2.05) is 44.1 Å². The highest BCUT2D eigenvalue weighted by molar-refractivity contribution is 6.31. The molecule has 2 atom stereocenters. The van der Waals surface area contributed by atoms with Crippen LogP contribution in [0.1, 0.15) is 37.1 Å². The summed E-state index contributed by atoms with van der Waals surface area (Å²) >= 11 is 6.38. The van der Waals surface area contributed by atoms with E-state index >= 15 is 0 Å². The van der Waals surface area contributed by atoms with Crippen molar-refractivity contribution in [3.05, 3.63) is 34.6 Å². The van der Waals surface area contributed by atoms with Crippen LogP contribution >= 0.6 is 11.6 Å². The molecule has 3 rings (SSSR count). The van der Waals surface area contributed by atoms with Crippen LogP contribution in [0.2, 0.25) is 5.02 Å². The molecule has 30 heavy (non-hydrogen) atoms. The van der Waals surface area contributed by atoms with E-state index in [0.717, 1.165) is 36.9 Å². The normalized spacial score (nSPS) is 18.6. The SMILES string of the molecule is CNc1nc(C)nc(N[C@H]2CCC[C@@H](C(=O)NCc3ccc(N(C)C)cc3Cl)C2)n1. The molecule has 1 heterocycles. The van der Waals surface area contributed by atoms with Crippen molar-refractivity contribution >= 4 is 35.1 Å². The summed E-state index contributed by atoms with van der Waals surface area (Å²) < 4.78 is 0. The second kappa shape index (κ2) is 9.93. The predicted molar refractivity (Wildman–Crippen MR) is 121 cm³/mol. The summed E-state index contributed by atoms with van der Waals surface area (Å²) in [6, 6.07) is 6.04. The number of aromatic nitrogens is 3. The summed E-state index contributed by atoms with van der Waals surface area (Å²) in [4.78, 5) is 27.7. The average molecular weight is 432 g/mol. The lowest BCUT2D eigenvalue weighted by atomic mass is 9.85. The van der Waals surface area contributed by atoms with Gasteiger partial charge in [-0.1, -0.05) is 24.1 Å². The number of hydrogen-bond acceptors (Lipinski definition) is 7. The predicted octanol–water partition coefficient (Wildman–Crippen LogP) is 3.23. The summed E-state index contributed by atoms with van der Waals surface area (Å²) in [5.74, 6) is 1.76. The van der Waals surface area contributed by atoms with Crippen LogP contribution in [0.25, 0.3) is 0 Å². The van der Waals surface area contributed by atoms with Gasteiger partial charge in [-0.05, 0) is 43.9 Å². The highest BCUT2D eigenvalue weighted by Gasteiger charge is 2.27. The van der Waals surface area contributed by atoms with Gasteiger partial charge in [-0.15, -0.1) is 0 Å². The molecule has 2 aromatic rings. The molecule has 8 nitrogen and oxygen atoms in total. The largest absolute Gasteiger partial charge is 0.378 e. The zero-order valence-corrected chi connectivity index (χ0v) is 18.8. The fourth-order valence-electron chi connectivity index (χ4n) is 3.68. The van der Waals surface area contributed by atoms with E-state index < -0.39 is 0 Å². The maximum Gasteiger partial charge on any atom is 0.227 e. The lowest BCUT2D eigenvalue weighted by molar-refractivity contribution is -0.126. The van der Waals surface area contributed by atoms with E-state index in [0.29, 0.717) is 29.3 Å². The van der Waals surface area contributed by atoms with Crippen molar-refractivity contribution in [1.29, 1.82) is 0 Å². The Balaban J connectivity index is 1.56. The topological polar surface area (TPSA) is 95.1 Å². The Kier molecular flexibility index (Phi) is 7.31. The van der Waals surface area contributed by atoms with E-state index in [-0.39, 0.29) is 17.9 Å². The molecule has 9 heteroatoms. The van der Waals surface area contributed by atoms with Crippen LogP contribution in [-0.4, -0.2) is 48.0 Å². The van der Waals surface area contributed by atoms with Crippen LogP contribution in [0.4, 0.5) is 17.6 Å². The highest BCUT2D eigenvalue weighted by atomic mass is 35.5. The van der Waals surface area contributed by atoms with Crippen LogP contribution in [0.3, 0.4) is 0 Å². The zero-order chi connectivity index (χ0) is 21.7. The van der Waals surface area contributed by atoms with Crippen LogP contribution in [-0.2, 0) is 11.3 Å². The second-order valence-electron chi connectivity index (χ2n) is 7.87. The fraction of sp³-hybridized carbons (Fsp3) is 0.524. The molecule has 0 bridgehead atoms. The van der Waals surface area contributed by atoms with Crippen molar-refractivity contribution in [1.82, 2.24) is 20.3 Å². The number of aryl methyl sites for hydroxylation is 1. The number of halogens is 1. The monoisotopic (exact) mass is 431 g/mol. The highest BCUT2D eigenvalue weighted by Crippen LogP contribution is 2.27. The van der Waals surface area contributed by atoms with E-state index in [2.05, 4.69) is 30.9 Å². The Hall–Kier alpha value is -2.61. The summed E-state index contributed by atoms with van der Waals surface area (Å²) in [7, 11) is 5.72. The number of carbonyl (C=O) groups excluding carboxylic acids is 1. The molecule has 0 unspecified atom stereocenters. The molecule has 1 fully saturated rings. The first-order valence-electron chi connectivity index (χ1n) is 10.3. The Labute approximate surface area is 182 Å². The lowest BCUT2D eigenvalue weighted by Gasteiger charge is -2.29. The van der Waals surface area contributed by atoms with Crippen LogP contribution in [0.15, 0.2) is 18.2 Å². The molecule has 3 N–H and O–H groups in total. The molecular formula is C21H30ClN7O. The van der Waals surface area contributed by atoms with Crippen molar-refractivity contribution in [3.63, 3.8) is 0 Å². The van der Waals surface area contributed by atoms with E-state index in [1.54, 1.807) is 7.05 Å². The number of benzene rings is 1. The number of nitrogens with zero attached hydrogens (tertiary/aromatic N) is 4. The first-order valence-corrected chi connectivity index (χ1v) is 10.6. The molecule has 0 aliphatic heterocycles. The van der Waals surface area contributed by atoms with Gasteiger partial charge in [0.25, 0.3) is 0 Å². The third kappa shape index (κ3) is 5.72. The third-order valence-corrected chi connectivity index (χ3v) is 5.71. The van der Waals surface area contributed by atoms with Gasteiger partial charge in [0.1, 0.15) is 5.82 Å². The molecule has 162 valence electrons. The summed E-state index contributed by atoms with van der Waals surface area (Å²) in [5, 5.41) is 10.0. The Morgan fingerprint density at radius 2 is 1.97 bits per heavy atom. The minimum absolute atomic E-state index is 0.0391. The first kappa shape index (κ1) is 22.1. The Morgan fingerprint density at radius 1 is 1.20 bits per heavy atom. The van der Waals surface area contributed by atoms with E-state index in [1.165, 1.54) is 0 Å². The molecule has 1 saturated carbocycles. The van der Waals surface area contributed by atoms with Gasteiger partial charge in [-0.3, -0.25) is 4.79 Å². The number of nitrogens with one attached hydrogen (secondary N) is 3. The van der Waals surface area contributed by atoms with Gasteiger partial charge >= 0.3 is 0 Å². The minimum atomic E-state index is -0.0391. The first-order chi connectivity index (χ1) is 14.4. The minimum Gasteiger partial charge on any atom is -0.378 e. The van der Waals surface area contributed by atoms with Gasteiger partial charge < -0.3 is 20.9 Å². The smallest absolute Gasteiger partial charge is 0.227 e. The molecule has 1 aliphatic rings. The lowest BCUT2D eigenvalue weighted by Crippen LogP contribution is -2.37. The number of anilines is 3. The number of rotatable bonds is 7. The van der Waals surface area contributed by atoms with Crippen molar-refractivity contribution in [2.24, 2.45) is 5.92 Å². The van der Waals surface area contributed by atoms with Crippen molar-refractivity contribution < 1.29 is 4.79 Å². The zero-order valence-electron chi connectivity index (χ0n) is 18.0. The van der Waals surface area contributed by atoms with Gasteiger partial charge in [-0.2, -0.15) is 15.0 Å². The van der Waals surface area contributed by atoms with Gasteiger partial charge in [0.05, 0.1) is 0 Å². The average Bonchev–Trinajstić information content (AvgIpc) is 2.72. The van der Waals surface area contributed by atoms with Crippen LogP contribution < -0.4 is 20.9 Å². The van der Waals surface area contributed by atoms with Gasteiger partial charge in [0.2, 0.25) is 17.8 Å². The fourth-order valence-corrected chi connectivity index (χ4v) is 3.93. The Morgan fingerprint density at radius 3 is 2.67 bits per heavy atom. The van der Waals surface area contributed by atoms with E-state index in [4.69, 9.17) is 11.6 Å². The summed E-state index contributed by atoms with van der Waals surface area (Å²) in [6.07, 6.45) is 3.60. The van der Waals surface area contributed by atoms with Crippen molar-refractivity contribution in [2.75, 3.05) is 36.7 Å². The number of carbonyl (C=O) groups is 1. The van der Waals surface area contributed by atoms with Crippen LogP contribution in [0, 0.1) is 12.8 Å². The molecule has 1 aliphatic carbocycles. The maximum atomic E-state index is 12.8.